The predicted octanol–water partition coefficient (Wildman–Crippen LogP) is 3.83. The molecule has 1 fully saturated rings. The first-order valence-corrected chi connectivity index (χ1v) is 9.91. The van der Waals surface area contributed by atoms with E-state index < -0.39 is 24.0 Å². The van der Waals surface area contributed by atoms with Crippen LogP contribution in [-0.4, -0.2) is 42.9 Å². The summed E-state index contributed by atoms with van der Waals surface area (Å²) < 4.78 is 46.3. The van der Waals surface area contributed by atoms with Crippen molar-refractivity contribution in [2.75, 3.05) is 0 Å². The van der Waals surface area contributed by atoms with E-state index in [9.17, 15) is 18.0 Å². The van der Waals surface area contributed by atoms with E-state index >= 15 is 0 Å². The summed E-state index contributed by atoms with van der Waals surface area (Å²) in [5, 5.41) is 10.1. The lowest BCUT2D eigenvalue weighted by Gasteiger charge is -2.20. The molecule has 1 aromatic carbocycles. The molecule has 164 valence electrons. The van der Waals surface area contributed by atoms with Crippen molar-refractivity contribution in [3.63, 3.8) is 0 Å². The first-order chi connectivity index (χ1) is 15.3. The molecule has 4 aromatic rings. The number of nitrogens with one attached hydrogen (secondary N) is 1. The third-order valence-electron chi connectivity index (χ3n) is 5.40. The molecule has 5 rings (SSSR count). The second-order valence-electron chi connectivity index (χ2n) is 7.74. The SMILES string of the molecule is Cc1cc(-c2cccc(-c3ncon3)c2)nc2c(C(=O)NC(C3CC3)C(F)(F)F)cnn12. The van der Waals surface area contributed by atoms with Gasteiger partial charge in [0, 0.05) is 16.8 Å². The Balaban J connectivity index is 1.52. The average Bonchev–Trinajstić information content (AvgIpc) is 3.25. The van der Waals surface area contributed by atoms with Crippen LogP contribution >= 0.6 is 0 Å². The van der Waals surface area contributed by atoms with E-state index in [2.05, 4.69) is 25.5 Å². The van der Waals surface area contributed by atoms with Gasteiger partial charge in [0.2, 0.25) is 12.2 Å². The minimum absolute atomic E-state index is 0.0147. The van der Waals surface area contributed by atoms with Gasteiger partial charge in [-0.05, 0) is 37.8 Å². The number of carbonyl (C=O) groups excluding carboxylic acids is 1. The highest BCUT2D eigenvalue weighted by atomic mass is 19.4. The van der Waals surface area contributed by atoms with Crippen LogP contribution in [0.5, 0.6) is 0 Å². The largest absolute Gasteiger partial charge is 0.408 e. The van der Waals surface area contributed by atoms with Crippen molar-refractivity contribution in [3.05, 3.63) is 54.2 Å². The summed E-state index contributed by atoms with van der Waals surface area (Å²) >= 11 is 0. The number of alkyl halides is 3. The zero-order chi connectivity index (χ0) is 22.5. The first-order valence-electron chi connectivity index (χ1n) is 9.91. The number of rotatable bonds is 5. The molecular weight excluding hydrogens is 425 g/mol. The molecule has 1 saturated carbocycles. The van der Waals surface area contributed by atoms with Crippen LogP contribution in [0.25, 0.3) is 28.3 Å². The summed E-state index contributed by atoms with van der Waals surface area (Å²) in [4.78, 5) is 21.3. The summed E-state index contributed by atoms with van der Waals surface area (Å²) in [7, 11) is 0. The zero-order valence-corrected chi connectivity index (χ0v) is 16.8. The second-order valence-corrected chi connectivity index (χ2v) is 7.74. The lowest BCUT2D eigenvalue weighted by Crippen LogP contribution is -2.46. The molecule has 1 amide bonds. The highest BCUT2D eigenvalue weighted by Gasteiger charge is 2.49. The van der Waals surface area contributed by atoms with E-state index in [-0.39, 0.29) is 11.2 Å². The number of hydrogen-bond acceptors (Lipinski definition) is 6. The van der Waals surface area contributed by atoms with Crippen LogP contribution in [0.3, 0.4) is 0 Å². The number of fused-ring (bicyclic) bond motifs is 1. The fourth-order valence-corrected chi connectivity index (χ4v) is 3.65. The van der Waals surface area contributed by atoms with Crippen molar-refractivity contribution in [2.45, 2.75) is 32.0 Å². The number of aromatic nitrogens is 5. The standard InChI is InChI=1S/C21H17F3N6O2/c1-11-7-16(13-3-2-4-14(8-13)18-25-10-32-29-18)27-19-15(9-26-30(11)19)20(31)28-17(12-5-6-12)21(22,23)24/h2-4,7-10,12,17H,5-6H2,1H3,(H,28,31). The highest BCUT2D eigenvalue weighted by Crippen LogP contribution is 2.40. The van der Waals surface area contributed by atoms with Gasteiger partial charge >= 0.3 is 6.18 Å². The van der Waals surface area contributed by atoms with Gasteiger partial charge in [0.1, 0.15) is 11.6 Å². The first kappa shape index (κ1) is 20.2. The van der Waals surface area contributed by atoms with Crippen LogP contribution in [0.1, 0.15) is 28.9 Å². The molecule has 0 radical (unpaired) electrons. The summed E-state index contributed by atoms with van der Waals surface area (Å²) in [6.45, 7) is 1.78. The van der Waals surface area contributed by atoms with Gasteiger partial charge in [-0.3, -0.25) is 4.79 Å². The Morgan fingerprint density at radius 1 is 1.25 bits per heavy atom. The molecule has 1 aliphatic carbocycles. The molecule has 0 bridgehead atoms. The number of amides is 1. The molecule has 3 heterocycles. The predicted molar refractivity (Wildman–Crippen MR) is 106 cm³/mol. The van der Waals surface area contributed by atoms with Gasteiger partial charge < -0.3 is 9.84 Å². The minimum Gasteiger partial charge on any atom is -0.342 e. The van der Waals surface area contributed by atoms with Crippen molar-refractivity contribution < 1.29 is 22.5 Å². The van der Waals surface area contributed by atoms with Crippen molar-refractivity contribution in [1.29, 1.82) is 0 Å². The summed E-state index contributed by atoms with van der Waals surface area (Å²) in [6.07, 6.45) is -1.16. The lowest BCUT2D eigenvalue weighted by atomic mass is 10.1. The van der Waals surface area contributed by atoms with Crippen molar-refractivity contribution >= 4 is 11.6 Å². The molecule has 1 N–H and O–H groups in total. The zero-order valence-electron chi connectivity index (χ0n) is 16.8. The van der Waals surface area contributed by atoms with Crippen LogP contribution < -0.4 is 5.32 Å². The van der Waals surface area contributed by atoms with Crippen molar-refractivity contribution in [1.82, 2.24) is 30.1 Å². The van der Waals surface area contributed by atoms with Gasteiger partial charge in [-0.2, -0.15) is 23.3 Å². The van der Waals surface area contributed by atoms with Gasteiger partial charge in [0.15, 0.2) is 5.65 Å². The fourth-order valence-electron chi connectivity index (χ4n) is 3.65. The highest BCUT2D eigenvalue weighted by molar-refractivity contribution is 6.00. The molecule has 0 aliphatic heterocycles. The average molecular weight is 442 g/mol. The van der Waals surface area contributed by atoms with Gasteiger partial charge in [-0.1, -0.05) is 23.4 Å². The van der Waals surface area contributed by atoms with E-state index in [0.29, 0.717) is 35.6 Å². The van der Waals surface area contributed by atoms with Crippen molar-refractivity contribution in [2.24, 2.45) is 5.92 Å². The number of nitrogens with zero attached hydrogens (tertiary/aromatic N) is 5. The van der Waals surface area contributed by atoms with Gasteiger partial charge in [-0.25, -0.2) is 9.50 Å². The molecule has 0 spiro atoms. The third-order valence-corrected chi connectivity index (χ3v) is 5.40. The van der Waals surface area contributed by atoms with Crippen LogP contribution in [0.4, 0.5) is 13.2 Å². The fraction of sp³-hybridized carbons (Fsp3) is 0.286. The Hall–Kier alpha value is -3.76. The van der Waals surface area contributed by atoms with Gasteiger partial charge in [-0.15, -0.1) is 0 Å². The van der Waals surface area contributed by atoms with Crippen LogP contribution in [-0.2, 0) is 0 Å². The summed E-state index contributed by atoms with van der Waals surface area (Å²) in [6, 6.07) is 7.15. The van der Waals surface area contributed by atoms with E-state index in [0.717, 1.165) is 5.56 Å². The molecule has 0 saturated heterocycles. The number of halogens is 3. The molecular formula is C21H17F3N6O2. The monoisotopic (exact) mass is 442 g/mol. The number of benzene rings is 1. The van der Waals surface area contributed by atoms with Crippen LogP contribution in [0.15, 0.2) is 47.4 Å². The smallest absolute Gasteiger partial charge is 0.342 e. The van der Waals surface area contributed by atoms with E-state index in [4.69, 9.17) is 4.52 Å². The normalized spacial score (nSPS) is 15.1. The Morgan fingerprint density at radius 2 is 2.03 bits per heavy atom. The molecule has 1 unspecified atom stereocenters. The van der Waals surface area contributed by atoms with Crippen LogP contribution in [0, 0.1) is 12.8 Å². The molecule has 1 aliphatic rings. The maximum atomic E-state index is 13.4. The Bertz CT molecular complexity index is 1290. The van der Waals surface area contributed by atoms with E-state index in [1.807, 2.05) is 18.2 Å². The molecule has 3 aromatic heterocycles. The molecule has 8 nitrogen and oxygen atoms in total. The Morgan fingerprint density at radius 3 is 2.72 bits per heavy atom. The second kappa shape index (κ2) is 7.43. The number of carbonyl (C=O) groups is 1. The van der Waals surface area contributed by atoms with Gasteiger partial charge in [0.25, 0.3) is 5.91 Å². The topological polar surface area (TPSA) is 98.2 Å². The lowest BCUT2D eigenvalue weighted by molar-refractivity contribution is -0.158. The Kier molecular flexibility index (Phi) is 4.68. The third kappa shape index (κ3) is 3.70. The van der Waals surface area contributed by atoms with Gasteiger partial charge in [0.05, 0.1) is 11.9 Å². The Labute approximate surface area is 179 Å². The molecule has 11 heteroatoms. The quantitative estimate of drug-likeness (QED) is 0.505. The minimum atomic E-state index is -4.51. The number of hydrogen-bond donors (Lipinski definition) is 1. The van der Waals surface area contributed by atoms with E-state index in [1.165, 1.54) is 17.1 Å². The maximum Gasteiger partial charge on any atom is 0.408 e. The maximum absolute atomic E-state index is 13.4. The summed E-state index contributed by atoms with van der Waals surface area (Å²) in [5.41, 5.74) is 2.79. The summed E-state index contributed by atoms with van der Waals surface area (Å²) in [5.74, 6) is -1.02. The number of aryl methyl sites for hydroxylation is 1. The molecule has 1 atom stereocenters. The molecule has 32 heavy (non-hydrogen) atoms. The van der Waals surface area contributed by atoms with E-state index in [1.54, 1.807) is 19.1 Å². The van der Waals surface area contributed by atoms with Crippen molar-refractivity contribution in [3.8, 4) is 22.6 Å². The van der Waals surface area contributed by atoms with Crippen LogP contribution in [0.2, 0.25) is 0 Å².